The van der Waals surface area contributed by atoms with Crippen molar-refractivity contribution in [3.8, 4) is 6.07 Å². The van der Waals surface area contributed by atoms with E-state index in [1.54, 1.807) is 0 Å². The van der Waals surface area contributed by atoms with Gasteiger partial charge in [0, 0.05) is 19.6 Å². The summed E-state index contributed by atoms with van der Waals surface area (Å²) in [5, 5.41) is 13.9. The van der Waals surface area contributed by atoms with Gasteiger partial charge in [0.1, 0.15) is 0 Å². The molecule has 14 heavy (non-hydrogen) atoms. The van der Waals surface area contributed by atoms with Crippen molar-refractivity contribution in [2.45, 2.75) is 6.42 Å². The molecule has 1 amide bonds. The number of carbonyl (C=O) groups is 1. The van der Waals surface area contributed by atoms with Gasteiger partial charge in [-0.15, -0.1) is 0 Å². The Kier molecular flexibility index (Phi) is 7.80. The van der Waals surface area contributed by atoms with E-state index in [4.69, 9.17) is 5.26 Å². The van der Waals surface area contributed by atoms with Crippen LogP contribution in [0.25, 0.3) is 0 Å². The normalized spacial score (nSPS) is 9.86. The number of amides is 1. The van der Waals surface area contributed by atoms with Crippen LogP contribution in [0.4, 0.5) is 0 Å². The number of nitrogens with one attached hydrogen (secondary N) is 2. The maximum Gasteiger partial charge on any atom is 0.233 e. The summed E-state index contributed by atoms with van der Waals surface area (Å²) in [5.74, 6) is -0.0565. The number of carbonyl (C=O) groups excluding carboxylic acids is 1. The third-order valence-electron chi connectivity index (χ3n) is 1.58. The van der Waals surface area contributed by atoms with Crippen LogP contribution in [0.1, 0.15) is 6.42 Å². The highest BCUT2D eigenvalue weighted by molar-refractivity contribution is 5.77. The molecule has 80 valence electrons. The monoisotopic (exact) mass is 198 g/mol. The fourth-order valence-corrected chi connectivity index (χ4v) is 0.825. The van der Waals surface area contributed by atoms with Crippen LogP contribution in [-0.4, -0.2) is 51.1 Å². The summed E-state index contributed by atoms with van der Waals surface area (Å²) in [4.78, 5) is 13.1. The molecule has 0 bridgehead atoms. The second kappa shape index (κ2) is 8.48. The largest absolute Gasteiger partial charge is 0.354 e. The zero-order valence-corrected chi connectivity index (χ0v) is 8.84. The van der Waals surface area contributed by atoms with Gasteiger partial charge in [0.25, 0.3) is 0 Å². The van der Waals surface area contributed by atoms with Crippen LogP contribution in [0.15, 0.2) is 0 Å². The standard InChI is InChI=1S/C9H18N4O/c1-13(2)7-6-11-8-9(14)12-5-3-4-10/h11H,3,5-8H2,1-2H3,(H,12,14). The quantitative estimate of drug-likeness (QED) is 0.524. The van der Waals surface area contributed by atoms with Crippen molar-refractivity contribution in [3.63, 3.8) is 0 Å². The molecular formula is C9H18N4O. The predicted octanol–water partition coefficient (Wildman–Crippen LogP) is -0.833. The van der Waals surface area contributed by atoms with Gasteiger partial charge in [0.2, 0.25) is 5.91 Å². The van der Waals surface area contributed by atoms with Gasteiger partial charge in [-0.25, -0.2) is 0 Å². The smallest absolute Gasteiger partial charge is 0.233 e. The maximum atomic E-state index is 11.1. The predicted molar refractivity (Wildman–Crippen MR) is 54.7 cm³/mol. The third-order valence-corrected chi connectivity index (χ3v) is 1.58. The van der Waals surface area contributed by atoms with Crippen molar-refractivity contribution in [2.24, 2.45) is 0 Å². The highest BCUT2D eigenvalue weighted by atomic mass is 16.1. The molecule has 0 aliphatic heterocycles. The molecule has 5 heteroatoms. The first-order valence-corrected chi connectivity index (χ1v) is 4.66. The fraction of sp³-hybridized carbons (Fsp3) is 0.778. The van der Waals surface area contributed by atoms with Crippen molar-refractivity contribution in [1.29, 1.82) is 5.26 Å². The summed E-state index contributed by atoms with van der Waals surface area (Å²) < 4.78 is 0. The number of nitriles is 1. The van der Waals surface area contributed by atoms with Crippen LogP contribution in [-0.2, 0) is 4.79 Å². The van der Waals surface area contributed by atoms with E-state index >= 15 is 0 Å². The van der Waals surface area contributed by atoms with Gasteiger partial charge >= 0.3 is 0 Å². The Morgan fingerprint density at radius 1 is 1.43 bits per heavy atom. The van der Waals surface area contributed by atoms with Gasteiger partial charge in [-0.1, -0.05) is 0 Å². The van der Waals surface area contributed by atoms with Gasteiger partial charge < -0.3 is 15.5 Å². The van der Waals surface area contributed by atoms with Crippen LogP contribution in [0.5, 0.6) is 0 Å². The number of likely N-dealkylation sites (N-methyl/N-ethyl adjacent to an activating group) is 1. The summed E-state index contributed by atoms with van der Waals surface area (Å²) in [6, 6.07) is 1.96. The summed E-state index contributed by atoms with van der Waals surface area (Å²) in [6.07, 6.45) is 0.365. The molecule has 0 heterocycles. The van der Waals surface area contributed by atoms with E-state index in [1.807, 2.05) is 25.1 Å². The molecular weight excluding hydrogens is 180 g/mol. The summed E-state index contributed by atoms with van der Waals surface area (Å²) in [5.41, 5.74) is 0. The average Bonchev–Trinajstić information content (AvgIpc) is 2.13. The van der Waals surface area contributed by atoms with Gasteiger partial charge in [-0.05, 0) is 14.1 Å². The molecule has 0 aliphatic carbocycles. The van der Waals surface area contributed by atoms with Crippen molar-refractivity contribution in [1.82, 2.24) is 15.5 Å². The fourth-order valence-electron chi connectivity index (χ4n) is 0.825. The van der Waals surface area contributed by atoms with E-state index in [9.17, 15) is 4.79 Å². The summed E-state index contributed by atoms with van der Waals surface area (Å²) in [6.45, 7) is 2.45. The Morgan fingerprint density at radius 2 is 2.14 bits per heavy atom. The number of hydrogen-bond acceptors (Lipinski definition) is 4. The Bertz CT molecular complexity index is 197. The number of rotatable bonds is 7. The SMILES string of the molecule is CN(C)CCNCC(=O)NCCC#N. The summed E-state index contributed by atoms with van der Waals surface area (Å²) in [7, 11) is 3.96. The average molecular weight is 198 g/mol. The molecule has 0 unspecified atom stereocenters. The molecule has 0 spiro atoms. The second-order valence-electron chi connectivity index (χ2n) is 3.24. The van der Waals surface area contributed by atoms with Gasteiger partial charge in [0.05, 0.1) is 19.0 Å². The molecule has 5 nitrogen and oxygen atoms in total. The van der Waals surface area contributed by atoms with Crippen molar-refractivity contribution in [3.05, 3.63) is 0 Å². The van der Waals surface area contributed by atoms with Gasteiger partial charge in [0.15, 0.2) is 0 Å². The summed E-state index contributed by atoms with van der Waals surface area (Å²) >= 11 is 0. The van der Waals surface area contributed by atoms with Gasteiger partial charge in [-0.3, -0.25) is 4.79 Å². The molecule has 0 aliphatic rings. The minimum atomic E-state index is -0.0565. The van der Waals surface area contributed by atoms with Crippen LogP contribution in [0.3, 0.4) is 0 Å². The lowest BCUT2D eigenvalue weighted by Crippen LogP contribution is -2.37. The van der Waals surface area contributed by atoms with Crippen LogP contribution in [0.2, 0.25) is 0 Å². The van der Waals surface area contributed by atoms with Crippen molar-refractivity contribution < 1.29 is 4.79 Å². The number of nitrogens with zero attached hydrogens (tertiary/aromatic N) is 2. The third kappa shape index (κ3) is 8.97. The first-order chi connectivity index (χ1) is 6.66. The minimum absolute atomic E-state index is 0.0565. The van der Waals surface area contributed by atoms with Gasteiger partial charge in [-0.2, -0.15) is 5.26 Å². The van der Waals surface area contributed by atoms with Crippen LogP contribution >= 0.6 is 0 Å². The Hall–Kier alpha value is -1.12. The lowest BCUT2D eigenvalue weighted by atomic mass is 10.4. The van der Waals surface area contributed by atoms with Crippen molar-refractivity contribution >= 4 is 5.91 Å². The highest BCUT2D eigenvalue weighted by Crippen LogP contribution is 1.73. The Labute approximate surface area is 85.1 Å². The molecule has 0 aromatic carbocycles. The number of hydrogen-bond donors (Lipinski definition) is 2. The molecule has 0 aromatic rings. The molecule has 0 fully saturated rings. The molecule has 0 saturated heterocycles. The van der Waals surface area contributed by atoms with E-state index in [0.29, 0.717) is 19.5 Å². The lowest BCUT2D eigenvalue weighted by Gasteiger charge is -2.09. The van der Waals surface area contributed by atoms with Crippen LogP contribution in [0, 0.1) is 11.3 Å². The minimum Gasteiger partial charge on any atom is -0.354 e. The van der Waals surface area contributed by atoms with Crippen molar-refractivity contribution in [2.75, 3.05) is 40.3 Å². The first-order valence-electron chi connectivity index (χ1n) is 4.66. The van der Waals surface area contributed by atoms with E-state index in [2.05, 4.69) is 10.6 Å². The molecule has 0 saturated carbocycles. The molecule has 0 rings (SSSR count). The topological polar surface area (TPSA) is 68.2 Å². The first kappa shape index (κ1) is 12.9. The van der Waals surface area contributed by atoms with E-state index < -0.39 is 0 Å². The molecule has 0 radical (unpaired) electrons. The van der Waals surface area contributed by atoms with E-state index in [0.717, 1.165) is 13.1 Å². The Balaban J connectivity index is 3.23. The van der Waals surface area contributed by atoms with E-state index in [1.165, 1.54) is 0 Å². The Morgan fingerprint density at radius 3 is 2.71 bits per heavy atom. The molecule has 0 aromatic heterocycles. The second-order valence-corrected chi connectivity index (χ2v) is 3.24. The zero-order valence-electron chi connectivity index (χ0n) is 8.84. The van der Waals surface area contributed by atoms with Crippen LogP contribution < -0.4 is 10.6 Å². The molecule has 0 atom stereocenters. The zero-order chi connectivity index (χ0) is 10.8. The molecule has 2 N–H and O–H groups in total. The maximum absolute atomic E-state index is 11.1. The highest BCUT2D eigenvalue weighted by Gasteiger charge is 1.98. The lowest BCUT2D eigenvalue weighted by molar-refractivity contribution is -0.120. The van der Waals surface area contributed by atoms with E-state index in [-0.39, 0.29) is 5.91 Å².